The third kappa shape index (κ3) is 2.54. The van der Waals surface area contributed by atoms with Crippen LogP contribution in [0.1, 0.15) is 11.1 Å². The van der Waals surface area contributed by atoms with Crippen LogP contribution in [0.5, 0.6) is 0 Å². The summed E-state index contributed by atoms with van der Waals surface area (Å²) in [6.07, 6.45) is 0.582. The zero-order valence-corrected chi connectivity index (χ0v) is 10.3. The van der Waals surface area contributed by atoms with Crippen molar-refractivity contribution in [3.05, 3.63) is 26.4 Å². The largest absolute Gasteiger partial charge is 0.233 e. The number of rotatable bonds is 2. The highest BCUT2D eigenvalue weighted by molar-refractivity contribution is 9.11. The second-order valence-electron chi connectivity index (χ2n) is 2.56. The molecule has 1 heterocycles. The van der Waals surface area contributed by atoms with E-state index in [1.165, 1.54) is 0 Å². The molecule has 0 unspecified atom stereocenters. The van der Waals surface area contributed by atoms with Crippen LogP contribution in [-0.2, 0) is 12.8 Å². The molecule has 0 amide bonds. The Morgan fingerprint density at radius 2 is 1.50 bits per heavy atom. The molecule has 0 aliphatic carbocycles. The van der Waals surface area contributed by atoms with Crippen LogP contribution in [0.3, 0.4) is 0 Å². The first-order valence-electron chi connectivity index (χ1n) is 3.76. The van der Waals surface area contributed by atoms with E-state index in [0.717, 1.165) is 11.1 Å². The molecular formula is C9H5Br2N3. The molecule has 0 atom stereocenters. The Morgan fingerprint density at radius 1 is 1.07 bits per heavy atom. The molecule has 5 heteroatoms. The van der Waals surface area contributed by atoms with E-state index in [2.05, 4.69) is 36.8 Å². The van der Waals surface area contributed by atoms with E-state index in [4.69, 9.17) is 10.5 Å². The Labute approximate surface area is 98.6 Å². The number of pyridine rings is 1. The highest BCUT2D eigenvalue weighted by atomic mass is 79.9. The Kier molecular flexibility index (Phi) is 4.06. The predicted molar refractivity (Wildman–Crippen MR) is 58.3 cm³/mol. The fraction of sp³-hybridized carbons (Fsp3) is 0.222. The van der Waals surface area contributed by atoms with Crippen molar-refractivity contribution >= 4 is 31.9 Å². The van der Waals surface area contributed by atoms with Gasteiger partial charge in [0.25, 0.3) is 0 Å². The van der Waals surface area contributed by atoms with Crippen molar-refractivity contribution < 1.29 is 0 Å². The van der Waals surface area contributed by atoms with Crippen LogP contribution in [0.2, 0.25) is 0 Å². The maximum Gasteiger partial charge on any atom is 0.111 e. The highest BCUT2D eigenvalue weighted by Gasteiger charge is 2.07. The van der Waals surface area contributed by atoms with Crippen molar-refractivity contribution in [1.29, 1.82) is 10.5 Å². The molecule has 0 saturated carbocycles. The molecule has 1 aromatic heterocycles. The van der Waals surface area contributed by atoms with Crippen molar-refractivity contribution in [3.8, 4) is 12.1 Å². The normalized spacial score (nSPS) is 9.14. The molecule has 0 aliphatic rings. The summed E-state index contributed by atoms with van der Waals surface area (Å²) in [5.41, 5.74) is 1.61. The molecule has 0 fully saturated rings. The predicted octanol–water partition coefficient (Wildman–Crippen LogP) is 2.74. The molecule has 1 rings (SSSR count). The van der Waals surface area contributed by atoms with E-state index in [1.807, 2.05) is 18.2 Å². The number of hydrogen-bond acceptors (Lipinski definition) is 3. The maximum atomic E-state index is 8.56. The van der Waals surface area contributed by atoms with E-state index in [9.17, 15) is 0 Å². The number of nitriles is 2. The van der Waals surface area contributed by atoms with Crippen LogP contribution < -0.4 is 0 Å². The first kappa shape index (κ1) is 11.2. The first-order valence-corrected chi connectivity index (χ1v) is 5.35. The van der Waals surface area contributed by atoms with Gasteiger partial charge in [-0.05, 0) is 49.1 Å². The van der Waals surface area contributed by atoms with Crippen LogP contribution in [0, 0.1) is 22.7 Å². The summed E-state index contributed by atoms with van der Waals surface area (Å²) in [5, 5.41) is 17.1. The smallest absolute Gasteiger partial charge is 0.111 e. The minimum atomic E-state index is 0.291. The van der Waals surface area contributed by atoms with Crippen LogP contribution in [-0.4, -0.2) is 4.98 Å². The third-order valence-corrected chi connectivity index (χ3v) is 2.99. The monoisotopic (exact) mass is 313 g/mol. The molecule has 0 saturated heterocycles. The summed E-state index contributed by atoms with van der Waals surface area (Å²) in [7, 11) is 0. The van der Waals surface area contributed by atoms with E-state index >= 15 is 0 Å². The van der Waals surface area contributed by atoms with Crippen LogP contribution in [0.4, 0.5) is 0 Å². The van der Waals surface area contributed by atoms with E-state index in [0.29, 0.717) is 22.0 Å². The van der Waals surface area contributed by atoms with Crippen molar-refractivity contribution in [1.82, 2.24) is 4.98 Å². The molecular weight excluding hydrogens is 310 g/mol. The van der Waals surface area contributed by atoms with Gasteiger partial charge >= 0.3 is 0 Å². The van der Waals surface area contributed by atoms with Gasteiger partial charge in [0.2, 0.25) is 0 Å². The van der Waals surface area contributed by atoms with Crippen LogP contribution >= 0.6 is 31.9 Å². The number of nitrogens with zero attached hydrogens (tertiary/aromatic N) is 3. The summed E-state index contributed by atoms with van der Waals surface area (Å²) in [6.45, 7) is 0. The Morgan fingerprint density at radius 3 is 1.86 bits per heavy atom. The van der Waals surface area contributed by atoms with Gasteiger partial charge in [-0.2, -0.15) is 10.5 Å². The SMILES string of the molecule is N#CCc1cc(CC#N)c(Br)nc1Br. The third-order valence-electron chi connectivity index (χ3n) is 1.61. The van der Waals surface area contributed by atoms with E-state index in [-0.39, 0.29) is 0 Å². The molecule has 0 spiro atoms. The number of aromatic nitrogens is 1. The average Bonchev–Trinajstić information content (AvgIpc) is 2.14. The average molecular weight is 315 g/mol. The molecule has 0 N–H and O–H groups in total. The zero-order chi connectivity index (χ0) is 10.6. The minimum absolute atomic E-state index is 0.291. The molecule has 1 aromatic rings. The Balaban J connectivity index is 3.16. The van der Waals surface area contributed by atoms with Gasteiger partial charge in [0.1, 0.15) is 9.21 Å². The summed E-state index contributed by atoms with van der Waals surface area (Å²) >= 11 is 6.52. The second-order valence-corrected chi connectivity index (χ2v) is 4.06. The lowest BCUT2D eigenvalue weighted by molar-refractivity contribution is 1.07. The molecule has 0 aliphatic heterocycles. The highest BCUT2D eigenvalue weighted by Crippen LogP contribution is 2.22. The Bertz CT molecular complexity index is 392. The molecule has 14 heavy (non-hydrogen) atoms. The van der Waals surface area contributed by atoms with Crippen molar-refractivity contribution in [2.75, 3.05) is 0 Å². The number of halogens is 2. The maximum absolute atomic E-state index is 8.56. The second kappa shape index (κ2) is 5.09. The van der Waals surface area contributed by atoms with Gasteiger partial charge in [0, 0.05) is 0 Å². The standard InChI is InChI=1S/C9H5Br2N3/c10-8-6(1-3-12)5-7(2-4-13)9(11)14-8/h5H,1-2H2. The molecule has 0 aromatic carbocycles. The van der Waals surface area contributed by atoms with E-state index < -0.39 is 0 Å². The van der Waals surface area contributed by atoms with Crippen LogP contribution in [0.15, 0.2) is 15.3 Å². The molecule has 70 valence electrons. The van der Waals surface area contributed by atoms with Gasteiger partial charge < -0.3 is 0 Å². The first-order chi connectivity index (χ1) is 6.69. The summed E-state index contributed by atoms with van der Waals surface area (Å²) in [5.74, 6) is 0. The van der Waals surface area contributed by atoms with Gasteiger partial charge in [0.05, 0.1) is 25.0 Å². The zero-order valence-electron chi connectivity index (χ0n) is 7.09. The minimum Gasteiger partial charge on any atom is -0.233 e. The lowest BCUT2D eigenvalue weighted by Gasteiger charge is -2.04. The van der Waals surface area contributed by atoms with Gasteiger partial charge in [-0.25, -0.2) is 4.98 Å². The van der Waals surface area contributed by atoms with Gasteiger partial charge in [-0.1, -0.05) is 0 Å². The summed E-state index contributed by atoms with van der Waals surface area (Å²) < 4.78 is 1.29. The molecule has 0 bridgehead atoms. The van der Waals surface area contributed by atoms with Crippen molar-refractivity contribution in [2.24, 2.45) is 0 Å². The van der Waals surface area contributed by atoms with E-state index in [1.54, 1.807) is 0 Å². The van der Waals surface area contributed by atoms with Gasteiger partial charge in [-0.3, -0.25) is 0 Å². The van der Waals surface area contributed by atoms with Gasteiger partial charge in [0.15, 0.2) is 0 Å². The topological polar surface area (TPSA) is 60.5 Å². The summed E-state index contributed by atoms with van der Waals surface area (Å²) in [6, 6.07) is 5.90. The fourth-order valence-electron chi connectivity index (χ4n) is 0.977. The molecule has 0 radical (unpaired) electrons. The molecule has 3 nitrogen and oxygen atoms in total. The fourth-order valence-corrected chi connectivity index (χ4v) is 2.08. The quantitative estimate of drug-likeness (QED) is 0.789. The van der Waals surface area contributed by atoms with Crippen molar-refractivity contribution in [3.63, 3.8) is 0 Å². The lowest BCUT2D eigenvalue weighted by atomic mass is 10.1. The lowest BCUT2D eigenvalue weighted by Crippen LogP contribution is -1.94. The Hall–Kier alpha value is -0.910. The number of hydrogen-bond donors (Lipinski definition) is 0. The van der Waals surface area contributed by atoms with Crippen molar-refractivity contribution in [2.45, 2.75) is 12.8 Å². The summed E-state index contributed by atoms with van der Waals surface area (Å²) in [4.78, 5) is 4.14. The van der Waals surface area contributed by atoms with Crippen LogP contribution in [0.25, 0.3) is 0 Å². The van der Waals surface area contributed by atoms with Gasteiger partial charge in [-0.15, -0.1) is 0 Å².